The molecule has 0 amide bonds. The molecule has 4 nitrogen and oxygen atoms in total. The summed E-state index contributed by atoms with van der Waals surface area (Å²) in [6.45, 7) is 2.66. The zero-order chi connectivity index (χ0) is 11.3. The SMILES string of the molecule is CNCC=Cc1ccc([N+](=O)[O-])cc1C. The highest BCUT2D eigenvalue weighted by Crippen LogP contribution is 2.17. The summed E-state index contributed by atoms with van der Waals surface area (Å²) in [5, 5.41) is 13.5. The van der Waals surface area contributed by atoms with Crippen LogP contribution in [0.2, 0.25) is 0 Å². The number of non-ortho nitro benzene ring substituents is 1. The standard InChI is InChI=1S/C11H14N2O2/c1-9-8-11(13(14)15)6-5-10(9)4-3-7-12-2/h3-6,8,12H,7H2,1-2H3. The van der Waals surface area contributed by atoms with Gasteiger partial charge in [0.2, 0.25) is 0 Å². The quantitative estimate of drug-likeness (QED) is 0.606. The van der Waals surface area contributed by atoms with Crippen molar-refractivity contribution in [3.63, 3.8) is 0 Å². The number of benzene rings is 1. The molecule has 0 fully saturated rings. The van der Waals surface area contributed by atoms with E-state index in [0.29, 0.717) is 0 Å². The molecule has 0 saturated carbocycles. The molecule has 0 atom stereocenters. The van der Waals surface area contributed by atoms with Gasteiger partial charge in [0.25, 0.3) is 5.69 Å². The molecule has 0 aromatic heterocycles. The Morgan fingerprint density at radius 3 is 2.80 bits per heavy atom. The van der Waals surface area contributed by atoms with Crippen molar-refractivity contribution in [1.29, 1.82) is 0 Å². The molecule has 0 aliphatic rings. The number of nitro groups is 1. The Morgan fingerprint density at radius 1 is 1.53 bits per heavy atom. The summed E-state index contributed by atoms with van der Waals surface area (Å²) in [6, 6.07) is 4.87. The number of nitrogens with zero attached hydrogens (tertiary/aromatic N) is 1. The second-order valence-corrected chi connectivity index (χ2v) is 3.26. The number of nitrogens with one attached hydrogen (secondary N) is 1. The van der Waals surface area contributed by atoms with Crippen LogP contribution in [0.15, 0.2) is 24.3 Å². The van der Waals surface area contributed by atoms with Crippen molar-refractivity contribution in [1.82, 2.24) is 5.32 Å². The van der Waals surface area contributed by atoms with Crippen LogP contribution < -0.4 is 5.32 Å². The third kappa shape index (κ3) is 3.18. The Bertz CT molecular complexity index is 386. The van der Waals surface area contributed by atoms with E-state index < -0.39 is 0 Å². The monoisotopic (exact) mass is 206 g/mol. The van der Waals surface area contributed by atoms with Crippen molar-refractivity contribution >= 4 is 11.8 Å². The molecule has 0 aliphatic carbocycles. The lowest BCUT2D eigenvalue weighted by molar-refractivity contribution is -0.384. The molecule has 4 heteroatoms. The Hall–Kier alpha value is -1.68. The minimum atomic E-state index is -0.381. The summed E-state index contributed by atoms with van der Waals surface area (Å²) in [4.78, 5) is 10.1. The average molecular weight is 206 g/mol. The van der Waals surface area contributed by atoms with Gasteiger partial charge in [-0.1, -0.05) is 12.2 Å². The van der Waals surface area contributed by atoms with Crippen molar-refractivity contribution in [2.45, 2.75) is 6.92 Å². The topological polar surface area (TPSA) is 55.2 Å². The maximum atomic E-state index is 10.5. The van der Waals surface area contributed by atoms with Crippen molar-refractivity contribution in [2.75, 3.05) is 13.6 Å². The highest BCUT2D eigenvalue weighted by Gasteiger charge is 2.05. The Kier molecular flexibility index (Phi) is 4.00. The van der Waals surface area contributed by atoms with Gasteiger partial charge in [-0.2, -0.15) is 0 Å². The zero-order valence-corrected chi connectivity index (χ0v) is 8.86. The van der Waals surface area contributed by atoms with Crippen LogP contribution in [0.4, 0.5) is 5.69 Å². The number of rotatable bonds is 4. The number of nitro benzene ring substituents is 1. The van der Waals surface area contributed by atoms with E-state index in [1.165, 1.54) is 6.07 Å². The summed E-state index contributed by atoms with van der Waals surface area (Å²) in [7, 11) is 1.87. The van der Waals surface area contributed by atoms with Gasteiger partial charge < -0.3 is 5.32 Å². The molecular formula is C11H14N2O2. The van der Waals surface area contributed by atoms with Crippen LogP contribution in [-0.2, 0) is 0 Å². The summed E-state index contributed by atoms with van der Waals surface area (Å²) in [5.41, 5.74) is 2.06. The predicted molar refractivity (Wildman–Crippen MR) is 60.8 cm³/mol. The first-order chi connectivity index (χ1) is 7.15. The summed E-state index contributed by atoms with van der Waals surface area (Å²) >= 11 is 0. The predicted octanol–water partition coefficient (Wildman–Crippen LogP) is 2.14. The van der Waals surface area contributed by atoms with Crippen LogP contribution >= 0.6 is 0 Å². The smallest absolute Gasteiger partial charge is 0.269 e. The Labute approximate surface area is 88.8 Å². The number of aryl methyl sites for hydroxylation is 1. The van der Waals surface area contributed by atoms with E-state index in [-0.39, 0.29) is 10.6 Å². The minimum absolute atomic E-state index is 0.137. The molecule has 0 bridgehead atoms. The van der Waals surface area contributed by atoms with Crippen LogP contribution in [-0.4, -0.2) is 18.5 Å². The van der Waals surface area contributed by atoms with Gasteiger partial charge in [0.1, 0.15) is 0 Å². The van der Waals surface area contributed by atoms with Crippen LogP contribution in [0.25, 0.3) is 6.08 Å². The lowest BCUT2D eigenvalue weighted by Crippen LogP contribution is -2.03. The van der Waals surface area contributed by atoms with Gasteiger partial charge in [0, 0.05) is 18.7 Å². The van der Waals surface area contributed by atoms with Crippen molar-refractivity contribution in [2.24, 2.45) is 0 Å². The second-order valence-electron chi connectivity index (χ2n) is 3.26. The third-order valence-electron chi connectivity index (χ3n) is 2.08. The van der Waals surface area contributed by atoms with Gasteiger partial charge in [0.05, 0.1) is 4.92 Å². The highest BCUT2D eigenvalue weighted by molar-refractivity contribution is 5.56. The minimum Gasteiger partial charge on any atom is -0.316 e. The van der Waals surface area contributed by atoms with E-state index in [9.17, 15) is 10.1 Å². The van der Waals surface area contributed by atoms with E-state index in [0.717, 1.165) is 17.7 Å². The maximum Gasteiger partial charge on any atom is 0.269 e. The lowest BCUT2D eigenvalue weighted by atomic mass is 10.1. The van der Waals surface area contributed by atoms with Gasteiger partial charge >= 0.3 is 0 Å². The van der Waals surface area contributed by atoms with E-state index in [2.05, 4.69) is 5.32 Å². The first-order valence-electron chi connectivity index (χ1n) is 4.71. The van der Waals surface area contributed by atoms with E-state index >= 15 is 0 Å². The van der Waals surface area contributed by atoms with Crippen LogP contribution in [0.3, 0.4) is 0 Å². The fourth-order valence-corrected chi connectivity index (χ4v) is 1.26. The first-order valence-corrected chi connectivity index (χ1v) is 4.71. The molecule has 0 heterocycles. The lowest BCUT2D eigenvalue weighted by Gasteiger charge is -1.99. The van der Waals surface area contributed by atoms with Crippen LogP contribution in [0.1, 0.15) is 11.1 Å². The van der Waals surface area contributed by atoms with Crippen molar-refractivity contribution < 1.29 is 4.92 Å². The second kappa shape index (κ2) is 5.26. The van der Waals surface area contributed by atoms with Gasteiger partial charge in [-0.15, -0.1) is 0 Å². The normalized spacial score (nSPS) is 10.8. The molecule has 0 spiro atoms. The fraction of sp³-hybridized carbons (Fsp3) is 0.273. The molecule has 1 rings (SSSR count). The van der Waals surface area contributed by atoms with Crippen LogP contribution in [0.5, 0.6) is 0 Å². The molecule has 1 N–H and O–H groups in total. The van der Waals surface area contributed by atoms with Crippen molar-refractivity contribution in [3.05, 3.63) is 45.5 Å². The molecule has 15 heavy (non-hydrogen) atoms. The number of hydrogen-bond donors (Lipinski definition) is 1. The summed E-state index contributed by atoms with van der Waals surface area (Å²) in [5.74, 6) is 0. The molecule has 0 aliphatic heterocycles. The molecule has 0 radical (unpaired) electrons. The fourth-order valence-electron chi connectivity index (χ4n) is 1.26. The molecule has 0 unspecified atom stereocenters. The van der Waals surface area contributed by atoms with E-state index in [4.69, 9.17) is 0 Å². The van der Waals surface area contributed by atoms with Gasteiger partial charge in [-0.25, -0.2) is 0 Å². The zero-order valence-electron chi connectivity index (χ0n) is 8.86. The van der Waals surface area contributed by atoms with Crippen molar-refractivity contribution in [3.8, 4) is 0 Å². The Balaban J connectivity index is 2.88. The molecule has 80 valence electrons. The highest BCUT2D eigenvalue weighted by atomic mass is 16.6. The molecule has 0 saturated heterocycles. The maximum absolute atomic E-state index is 10.5. The molecule has 1 aromatic rings. The van der Waals surface area contributed by atoms with Crippen LogP contribution in [0, 0.1) is 17.0 Å². The summed E-state index contributed by atoms with van der Waals surface area (Å²) in [6.07, 6.45) is 3.93. The number of hydrogen-bond acceptors (Lipinski definition) is 3. The first kappa shape index (κ1) is 11.4. The molecule has 1 aromatic carbocycles. The Morgan fingerprint density at radius 2 is 2.27 bits per heavy atom. The van der Waals surface area contributed by atoms with Gasteiger partial charge in [-0.05, 0) is 31.2 Å². The molecular weight excluding hydrogens is 192 g/mol. The van der Waals surface area contributed by atoms with E-state index in [1.54, 1.807) is 12.1 Å². The third-order valence-corrected chi connectivity index (χ3v) is 2.08. The number of likely N-dealkylation sites (N-methyl/N-ethyl adjacent to an activating group) is 1. The van der Waals surface area contributed by atoms with E-state index in [1.807, 2.05) is 26.1 Å². The van der Waals surface area contributed by atoms with Gasteiger partial charge in [-0.3, -0.25) is 10.1 Å². The largest absolute Gasteiger partial charge is 0.316 e. The summed E-state index contributed by atoms with van der Waals surface area (Å²) < 4.78 is 0. The average Bonchev–Trinajstić information content (AvgIpc) is 2.20. The van der Waals surface area contributed by atoms with Gasteiger partial charge in [0.15, 0.2) is 0 Å².